The van der Waals surface area contributed by atoms with Gasteiger partial charge in [-0.25, -0.2) is 4.90 Å². The fraction of sp³-hybridized carbons (Fsp3) is 0.143. The molecule has 0 aromatic heterocycles. The molecule has 1 aromatic rings. The van der Waals surface area contributed by atoms with Crippen LogP contribution in [0.2, 0.25) is 0 Å². The van der Waals surface area contributed by atoms with E-state index in [9.17, 15) is 9.59 Å². The average molecular weight is 259 g/mol. The lowest BCUT2D eigenvalue weighted by molar-refractivity contribution is -0.119. The minimum absolute atomic E-state index is 0.335. The van der Waals surface area contributed by atoms with E-state index in [0.717, 1.165) is 4.90 Å². The van der Waals surface area contributed by atoms with Crippen molar-refractivity contribution in [3.8, 4) is 5.75 Å². The molecule has 2 rings (SSSR count). The van der Waals surface area contributed by atoms with Gasteiger partial charge in [-0.15, -0.1) is 0 Å². The van der Waals surface area contributed by atoms with Gasteiger partial charge in [0.2, 0.25) is 0 Å². The second-order valence-electron chi connectivity index (χ2n) is 3.73. The van der Waals surface area contributed by atoms with Crippen LogP contribution >= 0.6 is 0 Å². The zero-order valence-corrected chi connectivity index (χ0v) is 10.2. The van der Waals surface area contributed by atoms with Gasteiger partial charge in [0.15, 0.2) is 0 Å². The molecule has 1 aromatic carbocycles. The molecule has 0 aliphatic carbocycles. The van der Waals surface area contributed by atoms with Crippen LogP contribution in [0.4, 0.5) is 5.69 Å². The topological polar surface area (TPSA) is 55.8 Å². The summed E-state index contributed by atoms with van der Waals surface area (Å²) in [5, 5.41) is 0. The smallest absolute Gasteiger partial charge is 0.258 e. The van der Waals surface area contributed by atoms with Crippen molar-refractivity contribution in [3.63, 3.8) is 0 Å². The lowest BCUT2D eigenvalue weighted by atomic mass is 10.3. The van der Waals surface area contributed by atoms with E-state index in [-0.39, 0.29) is 11.8 Å². The number of carbonyl (C=O) groups excluding carboxylic acids is 2. The number of ether oxygens (including phenoxy) is 2. The van der Waals surface area contributed by atoms with Crippen LogP contribution in [0.25, 0.3) is 0 Å². The summed E-state index contributed by atoms with van der Waals surface area (Å²) in [6, 6.07) is 6.71. The molecule has 0 saturated carbocycles. The van der Waals surface area contributed by atoms with Gasteiger partial charge in [0.05, 0.1) is 11.9 Å². The van der Waals surface area contributed by atoms with Crippen molar-refractivity contribution in [1.29, 1.82) is 0 Å². The van der Waals surface area contributed by atoms with Gasteiger partial charge in [-0.3, -0.25) is 9.59 Å². The molecule has 2 amide bonds. The molecule has 1 heterocycles. The third-order valence-corrected chi connectivity index (χ3v) is 2.49. The minimum Gasteiger partial charge on any atom is -0.498 e. The van der Waals surface area contributed by atoms with E-state index in [0.29, 0.717) is 24.7 Å². The Labute approximate surface area is 110 Å². The van der Waals surface area contributed by atoms with Gasteiger partial charge in [-0.2, -0.15) is 0 Å². The number of carbonyl (C=O) groups is 2. The Kier molecular flexibility index (Phi) is 3.97. The normalized spacial score (nSPS) is 13.8. The van der Waals surface area contributed by atoms with Crippen LogP contribution in [0, 0.1) is 0 Å². The Morgan fingerprint density at radius 1 is 1.05 bits per heavy atom. The van der Waals surface area contributed by atoms with E-state index in [2.05, 4.69) is 6.58 Å². The van der Waals surface area contributed by atoms with E-state index in [1.54, 1.807) is 24.3 Å². The van der Waals surface area contributed by atoms with Crippen molar-refractivity contribution in [1.82, 2.24) is 0 Å². The van der Waals surface area contributed by atoms with E-state index >= 15 is 0 Å². The maximum atomic E-state index is 11.5. The minimum atomic E-state index is -0.335. The van der Waals surface area contributed by atoms with Crippen molar-refractivity contribution >= 4 is 17.5 Å². The molecule has 0 fully saturated rings. The van der Waals surface area contributed by atoms with Crippen LogP contribution < -0.4 is 9.64 Å². The Bertz CT molecular complexity index is 501. The Morgan fingerprint density at radius 2 is 1.68 bits per heavy atom. The summed E-state index contributed by atoms with van der Waals surface area (Å²) in [6.45, 7) is 4.23. The summed E-state index contributed by atoms with van der Waals surface area (Å²) >= 11 is 0. The number of imide groups is 1. The third kappa shape index (κ3) is 3.01. The predicted octanol–water partition coefficient (Wildman–Crippen LogP) is 1.65. The molecule has 0 saturated heterocycles. The van der Waals surface area contributed by atoms with Crippen LogP contribution in [0.1, 0.15) is 0 Å². The number of hydrogen-bond acceptors (Lipinski definition) is 4. The second kappa shape index (κ2) is 5.86. The van der Waals surface area contributed by atoms with Gasteiger partial charge in [-0.05, 0) is 24.3 Å². The highest BCUT2D eigenvalue weighted by Crippen LogP contribution is 2.22. The molecule has 1 aliphatic rings. The first-order valence-electron chi connectivity index (χ1n) is 5.74. The highest BCUT2D eigenvalue weighted by Gasteiger charge is 2.24. The van der Waals surface area contributed by atoms with Crippen molar-refractivity contribution < 1.29 is 19.1 Å². The van der Waals surface area contributed by atoms with Crippen LogP contribution in [0.5, 0.6) is 5.75 Å². The first-order valence-corrected chi connectivity index (χ1v) is 5.74. The van der Waals surface area contributed by atoms with Crippen LogP contribution in [-0.4, -0.2) is 25.0 Å². The number of benzene rings is 1. The fourth-order valence-electron chi connectivity index (χ4n) is 1.64. The highest BCUT2D eigenvalue weighted by atomic mass is 16.5. The first kappa shape index (κ1) is 12.9. The summed E-state index contributed by atoms with van der Waals surface area (Å²) in [5.41, 5.74) is 0.523. The average Bonchev–Trinajstić information content (AvgIpc) is 2.75. The molecule has 5 heteroatoms. The zero-order chi connectivity index (χ0) is 13.7. The maximum Gasteiger partial charge on any atom is 0.258 e. The largest absolute Gasteiger partial charge is 0.498 e. The maximum absolute atomic E-state index is 11.5. The number of nitrogens with zero attached hydrogens (tertiary/aromatic N) is 1. The molecule has 0 spiro atoms. The molecular formula is C14H13NO4. The van der Waals surface area contributed by atoms with Gasteiger partial charge in [0.1, 0.15) is 19.0 Å². The predicted molar refractivity (Wildman–Crippen MR) is 69.7 cm³/mol. The summed E-state index contributed by atoms with van der Waals surface area (Å²) in [7, 11) is 0. The summed E-state index contributed by atoms with van der Waals surface area (Å²) in [5.74, 6) is -0.0282. The Hall–Kier alpha value is -2.56. The Morgan fingerprint density at radius 3 is 2.26 bits per heavy atom. The molecule has 0 atom stereocenters. The van der Waals surface area contributed by atoms with Crippen LogP contribution in [0.3, 0.4) is 0 Å². The molecule has 98 valence electrons. The van der Waals surface area contributed by atoms with Crippen LogP contribution in [-0.2, 0) is 14.3 Å². The van der Waals surface area contributed by atoms with E-state index in [1.807, 2.05) is 0 Å². The fourth-order valence-corrected chi connectivity index (χ4v) is 1.64. The van der Waals surface area contributed by atoms with Gasteiger partial charge >= 0.3 is 0 Å². The van der Waals surface area contributed by atoms with Crippen molar-refractivity contribution in [3.05, 3.63) is 49.3 Å². The molecule has 1 aliphatic heterocycles. The monoisotopic (exact) mass is 259 g/mol. The molecule has 19 heavy (non-hydrogen) atoms. The van der Waals surface area contributed by atoms with Gasteiger partial charge in [0.25, 0.3) is 11.8 Å². The van der Waals surface area contributed by atoms with E-state index < -0.39 is 0 Å². The van der Waals surface area contributed by atoms with E-state index in [4.69, 9.17) is 9.47 Å². The summed E-state index contributed by atoms with van der Waals surface area (Å²) < 4.78 is 10.3. The SMILES string of the molecule is C=COCCOc1ccc(N2C(=O)C=CC2=O)cc1. The number of amides is 2. The number of hydrogen-bond donors (Lipinski definition) is 0. The standard InChI is InChI=1S/C14H13NO4/c1-2-18-9-10-19-12-5-3-11(4-6-12)15-13(16)7-8-14(15)17/h2-8H,1,9-10H2. The van der Waals surface area contributed by atoms with Gasteiger partial charge in [-0.1, -0.05) is 6.58 Å². The number of anilines is 1. The lowest BCUT2D eigenvalue weighted by Gasteiger charge is -2.14. The molecule has 5 nitrogen and oxygen atoms in total. The third-order valence-electron chi connectivity index (χ3n) is 2.49. The van der Waals surface area contributed by atoms with Crippen molar-refractivity contribution in [2.45, 2.75) is 0 Å². The first-order chi connectivity index (χ1) is 9.22. The van der Waals surface area contributed by atoms with Gasteiger partial charge < -0.3 is 9.47 Å². The molecule has 0 radical (unpaired) electrons. The van der Waals surface area contributed by atoms with Gasteiger partial charge in [0, 0.05) is 12.2 Å². The molecule has 0 N–H and O–H groups in total. The van der Waals surface area contributed by atoms with Crippen molar-refractivity contribution in [2.24, 2.45) is 0 Å². The quantitative estimate of drug-likeness (QED) is 0.443. The molecule has 0 bridgehead atoms. The van der Waals surface area contributed by atoms with E-state index in [1.165, 1.54) is 18.4 Å². The second-order valence-corrected chi connectivity index (χ2v) is 3.73. The highest BCUT2D eigenvalue weighted by molar-refractivity contribution is 6.28. The number of rotatable bonds is 6. The molecular weight excluding hydrogens is 246 g/mol. The Balaban J connectivity index is 1.97. The summed E-state index contributed by atoms with van der Waals surface area (Å²) in [4.78, 5) is 24.1. The summed E-state index contributed by atoms with van der Waals surface area (Å²) in [6.07, 6.45) is 3.85. The van der Waals surface area contributed by atoms with Crippen LogP contribution in [0.15, 0.2) is 49.3 Å². The zero-order valence-electron chi connectivity index (χ0n) is 10.2. The lowest BCUT2D eigenvalue weighted by Crippen LogP contribution is -2.29. The molecule has 0 unspecified atom stereocenters. The van der Waals surface area contributed by atoms with Crippen molar-refractivity contribution in [2.75, 3.05) is 18.1 Å².